The van der Waals surface area contributed by atoms with Gasteiger partial charge >= 0.3 is 0 Å². The molecule has 116 valence electrons. The Balaban J connectivity index is 1.91. The summed E-state index contributed by atoms with van der Waals surface area (Å²) in [5.41, 5.74) is 0.822. The van der Waals surface area contributed by atoms with Crippen LogP contribution in [0.1, 0.15) is 38.2 Å². The lowest BCUT2D eigenvalue weighted by molar-refractivity contribution is -0.121. The van der Waals surface area contributed by atoms with Crippen LogP contribution in [0.3, 0.4) is 0 Å². The van der Waals surface area contributed by atoms with Crippen molar-refractivity contribution in [2.45, 2.75) is 49.7 Å². The summed E-state index contributed by atoms with van der Waals surface area (Å²) >= 11 is 11.8. The summed E-state index contributed by atoms with van der Waals surface area (Å²) in [5, 5.41) is 3.37. The highest BCUT2D eigenvalue weighted by Crippen LogP contribution is 2.23. The number of carbonyl (C=O) groups excluding carboxylic acids is 1. The lowest BCUT2D eigenvalue weighted by Crippen LogP contribution is -2.40. The van der Waals surface area contributed by atoms with Gasteiger partial charge in [0.05, 0.1) is 10.0 Å². The van der Waals surface area contributed by atoms with Crippen molar-refractivity contribution < 1.29 is 9.00 Å². The van der Waals surface area contributed by atoms with Gasteiger partial charge in [0.2, 0.25) is 5.91 Å². The molecule has 6 heteroatoms. The number of nitrogens with one attached hydrogen (secondary N) is 1. The van der Waals surface area contributed by atoms with Crippen LogP contribution in [0.25, 0.3) is 0 Å². The fourth-order valence-corrected chi connectivity index (χ4v) is 3.81. The highest BCUT2D eigenvalue weighted by atomic mass is 35.5. The number of rotatable bonds is 5. The lowest BCUT2D eigenvalue weighted by atomic mass is 10.2. The third-order valence-corrected chi connectivity index (χ3v) is 6.12. The first-order chi connectivity index (χ1) is 9.97. The molecule has 1 amide bonds. The van der Waals surface area contributed by atoms with E-state index in [0.717, 1.165) is 31.2 Å². The van der Waals surface area contributed by atoms with E-state index in [4.69, 9.17) is 23.2 Å². The summed E-state index contributed by atoms with van der Waals surface area (Å²) < 4.78 is 12.3. The minimum atomic E-state index is -1.27. The molecule has 0 heterocycles. The number of benzene rings is 1. The van der Waals surface area contributed by atoms with E-state index in [9.17, 15) is 9.00 Å². The van der Waals surface area contributed by atoms with E-state index in [1.54, 1.807) is 25.1 Å². The largest absolute Gasteiger partial charge is 0.352 e. The van der Waals surface area contributed by atoms with Gasteiger partial charge in [-0.15, -0.1) is 0 Å². The Morgan fingerprint density at radius 3 is 2.62 bits per heavy atom. The van der Waals surface area contributed by atoms with E-state index in [0.29, 0.717) is 15.8 Å². The lowest BCUT2D eigenvalue weighted by Gasteiger charge is -2.16. The van der Waals surface area contributed by atoms with Crippen LogP contribution in [0.5, 0.6) is 0 Å². The SMILES string of the molecule is C[C@@H](C(=O)NC1CCCC1)[S@@](=O)Cc1ccc(Cl)c(Cl)c1. The summed E-state index contributed by atoms with van der Waals surface area (Å²) in [6.45, 7) is 1.71. The van der Waals surface area contributed by atoms with E-state index in [1.165, 1.54) is 0 Å². The number of amides is 1. The van der Waals surface area contributed by atoms with E-state index < -0.39 is 16.0 Å². The van der Waals surface area contributed by atoms with Crippen LogP contribution >= 0.6 is 23.2 Å². The maximum atomic E-state index is 12.3. The third-order valence-electron chi connectivity index (χ3n) is 3.76. The average molecular weight is 348 g/mol. The van der Waals surface area contributed by atoms with Crippen molar-refractivity contribution in [1.29, 1.82) is 0 Å². The van der Waals surface area contributed by atoms with Crippen LogP contribution < -0.4 is 5.32 Å². The molecule has 1 aromatic carbocycles. The summed E-state index contributed by atoms with van der Waals surface area (Å²) in [5.74, 6) is 0.177. The van der Waals surface area contributed by atoms with Gasteiger partial charge in [-0.05, 0) is 37.5 Å². The molecule has 1 fully saturated rings. The molecule has 0 aliphatic heterocycles. The zero-order valence-corrected chi connectivity index (χ0v) is 14.2. The van der Waals surface area contributed by atoms with Crippen molar-refractivity contribution in [2.75, 3.05) is 0 Å². The van der Waals surface area contributed by atoms with Gasteiger partial charge < -0.3 is 5.32 Å². The molecule has 0 spiro atoms. The van der Waals surface area contributed by atoms with Gasteiger partial charge in [-0.3, -0.25) is 9.00 Å². The van der Waals surface area contributed by atoms with Gasteiger partial charge in [0.15, 0.2) is 0 Å². The van der Waals surface area contributed by atoms with Crippen LogP contribution in [0, 0.1) is 0 Å². The normalized spacial score (nSPS) is 18.4. The molecule has 1 saturated carbocycles. The molecule has 2 atom stereocenters. The van der Waals surface area contributed by atoms with Gasteiger partial charge in [0.1, 0.15) is 5.25 Å². The number of halogens is 2. The number of hydrogen-bond acceptors (Lipinski definition) is 2. The topological polar surface area (TPSA) is 46.2 Å². The monoisotopic (exact) mass is 347 g/mol. The summed E-state index contributed by atoms with van der Waals surface area (Å²) in [7, 11) is -1.27. The molecular formula is C15H19Cl2NO2S. The van der Waals surface area contributed by atoms with E-state index >= 15 is 0 Å². The van der Waals surface area contributed by atoms with Gasteiger partial charge in [0.25, 0.3) is 0 Å². The van der Waals surface area contributed by atoms with Crippen molar-refractivity contribution in [1.82, 2.24) is 5.32 Å². The Kier molecular flexibility index (Phi) is 6.08. The molecule has 21 heavy (non-hydrogen) atoms. The molecule has 0 radical (unpaired) electrons. The quantitative estimate of drug-likeness (QED) is 0.882. The smallest absolute Gasteiger partial charge is 0.235 e. The second-order valence-electron chi connectivity index (χ2n) is 5.41. The Hall–Kier alpha value is -0.580. The van der Waals surface area contributed by atoms with Gasteiger partial charge in [-0.25, -0.2) is 0 Å². The standard InChI is InChI=1S/C15H19Cl2NO2S/c1-10(15(19)18-12-4-2-3-5-12)21(20)9-11-6-7-13(16)14(17)8-11/h6-8,10,12H,2-5,9H2,1H3,(H,18,19)/t10-,21-/m0/s1. The molecule has 0 unspecified atom stereocenters. The first-order valence-corrected chi connectivity index (χ1v) is 9.22. The van der Waals surface area contributed by atoms with Crippen molar-refractivity contribution in [3.05, 3.63) is 33.8 Å². The summed E-state index contributed by atoms with van der Waals surface area (Å²) in [6.07, 6.45) is 4.37. The molecule has 0 saturated heterocycles. The highest BCUT2D eigenvalue weighted by Gasteiger charge is 2.24. The maximum absolute atomic E-state index is 12.3. The zero-order chi connectivity index (χ0) is 15.4. The Labute approximate surface area is 137 Å². The fraction of sp³-hybridized carbons (Fsp3) is 0.533. The average Bonchev–Trinajstić information content (AvgIpc) is 2.94. The van der Waals surface area contributed by atoms with Crippen molar-refractivity contribution in [3.63, 3.8) is 0 Å². The van der Waals surface area contributed by atoms with Crippen molar-refractivity contribution in [2.24, 2.45) is 0 Å². The van der Waals surface area contributed by atoms with Crippen molar-refractivity contribution >= 4 is 39.9 Å². The van der Waals surface area contributed by atoms with E-state index in [1.807, 2.05) is 0 Å². The highest BCUT2D eigenvalue weighted by molar-refractivity contribution is 7.85. The molecule has 1 aliphatic carbocycles. The molecule has 2 rings (SSSR count). The second-order valence-corrected chi connectivity index (χ2v) is 7.98. The second kappa shape index (κ2) is 7.61. The third kappa shape index (κ3) is 4.70. The Bertz CT molecular complexity index is 544. The molecule has 1 aliphatic rings. The maximum Gasteiger partial charge on any atom is 0.235 e. The molecule has 0 aromatic heterocycles. The fourth-order valence-electron chi connectivity index (χ4n) is 2.43. The Morgan fingerprint density at radius 1 is 1.33 bits per heavy atom. The zero-order valence-electron chi connectivity index (χ0n) is 11.9. The first kappa shape index (κ1) is 16.8. The predicted molar refractivity (Wildman–Crippen MR) is 88.2 cm³/mol. The summed E-state index contributed by atoms with van der Waals surface area (Å²) in [4.78, 5) is 12.1. The minimum Gasteiger partial charge on any atom is -0.352 e. The van der Waals surface area contributed by atoms with E-state index in [2.05, 4.69) is 5.32 Å². The van der Waals surface area contributed by atoms with Crippen molar-refractivity contribution in [3.8, 4) is 0 Å². The predicted octanol–water partition coefficient (Wildman–Crippen LogP) is 3.69. The molecular weight excluding hydrogens is 329 g/mol. The Morgan fingerprint density at radius 2 is 2.00 bits per heavy atom. The minimum absolute atomic E-state index is 0.125. The van der Waals surface area contributed by atoms with Crippen LogP contribution in [-0.2, 0) is 21.3 Å². The molecule has 0 bridgehead atoms. The van der Waals surface area contributed by atoms with E-state index in [-0.39, 0.29) is 11.9 Å². The number of hydrogen-bond donors (Lipinski definition) is 1. The summed E-state index contributed by atoms with van der Waals surface area (Å²) in [6, 6.07) is 5.42. The van der Waals surface area contributed by atoms with Crippen LogP contribution in [0.4, 0.5) is 0 Å². The molecule has 1 aromatic rings. The van der Waals surface area contributed by atoms with Gasteiger partial charge in [-0.1, -0.05) is 42.1 Å². The van der Waals surface area contributed by atoms with Gasteiger partial charge in [0, 0.05) is 22.6 Å². The van der Waals surface area contributed by atoms with Gasteiger partial charge in [-0.2, -0.15) is 0 Å². The molecule has 3 nitrogen and oxygen atoms in total. The van der Waals surface area contributed by atoms with Crippen LogP contribution in [0.2, 0.25) is 10.0 Å². The first-order valence-electron chi connectivity index (χ1n) is 7.09. The molecule has 1 N–H and O–H groups in total. The number of carbonyl (C=O) groups is 1. The van der Waals surface area contributed by atoms with Crippen LogP contribution in [-0.4, -0.2) is 21.4 Å². The van der Waals surface area contributed by atoms with Crippen LogP contribution in [0.15, 0.2) is 18.2 Å².